The lowest BCUT2D eigenvalue weighted by Crippen LogP contribution is -2.55. The van der Waals surface area contributed by atoms with Crippen molar-refractivity contribution in [1.82, 2.24) is 4.90 Å². The predicted molar refractivity (Wildman–Crippen MR) is 99.1 cm³/mol. The second-order valence-corrected chi connectivity index (χ2v) is 13.6. The lowest BCUT2D eigenvalue weighted by atomic mass is 10.1. The Bertz CT molecular complexity index is 589. The second kappa shape index (κ2) is 7.07. The minimum absolute atomic E-state index is 0.336. The molecule has 2 heterocycles. The molecule has 1 saturated heterocycles. The van der Waals surface area contributed by atoms with Crippen LogP contribution in [-0.4, -0.2) is 61.5 Å². The molecule has 2 rings (SSSR count). The zero-order valence-corrected chi connectivity index (χ0v) is 18.0. The maximum Gasteiger partial charge on any atom is 0.417 e. The van der Waals surface area contributed by atoms with Crippen molar-refractivity contribution in [3.8, 4) is 0 Å². The Kier molecular flexibility index (Phi) is 5.73. The minimum atomic E-state index is -1.99. The normalized spacial score (nSPS) is 27.1. The zero-order chi connectivity index (χ0) is 19.9. The Balaban J connectivity index is 2.28. The molecule has 8 heteroatoms. The highest BCUT2D eigenvalue weighted by Crippen LogP contribution is 2.32. The highest BCUT2D eigenvalue weighted by Gasteiger charge is 2.48. The molecule has 148 valence electrons. The number of carbonyl (C=O) groups is 2. The van der Waals surface area contributed by atoms with Gasteiger partial charge in [0.25, 0.3) is 5.91 Å². The molecular formula is C18H31NO6Si. The van der Waals surface area contributed by atoms with Gasteiger partial charge in [-0.05, 0) is 54.3 Å². The van der Waals surface area contributed by atoms with Crippen LogP contribution in [0, 0.1) is 0 Å². The quantitative estimate of drug-likeness (QED) is 0.693. The molecule has 0 aliphatic carbocycles. The minimum Gasteiger partial charge on any atom is -0.443 e. The van der Waals surface area contributed by atoms with Gasteiger partial charge in [0.2, 0.25) is 0 Å². The van der Waals surface area contributed by atoms with E-state index in [2.05, 4.69) is 19.6 Å². The van der Waals surface area contributed by atoms with Crippen LogP contribution in [0.3, 0.4) is 0 Å². The maximum absolute atomic E-state index is 12.6. The summed E-state index contributed by atoms with van der Waals surface area (Å²) in [7, 11) is -1.99. The summed E-state index contributed by atoms with van der Waals surface area (Å²) in [6.45, 7) is 15.5. The van der Waals surface area contributed by atoms with Gasteiger partial charge in [0.1, 0.15) is 11.7 Å². The summed E-state index contributed by atoms with van der Waals surface area (Å²) >= 11 is 0. The van der Waals surface area contributed by atoms with Crippen molar-refractivity contribution in [3.05, 3.63) is 12.2 Å². The molecule has 2 amide bonds. The number of ether oxygens (including phenoxy) is 3. The molecule has 0 aromatic heterocycles. The van der Waals surface area contributed by atoms with Crippen molar-refractivity contribution >= 4 is 20.3 Å². The highest BCUT2D eigenvalue weighted by molar-refractivity contribution is 6.69. The first-order chi connectivity index (χ1) is 11.7. The predicted octanol–water partition coefficient (Wildman–Crippen LogP) is 3.06. The molecule has 1 fully saturated rings. The van der Waals surface area contributed by atoms with Crippen molar-refractivity contribution in [2.45, 2.75) is 83.9 Å². The summed E-state index contributed by atoms with van der Waals surface area (Å²) in [4.78, 5) is 26.1. The summed E-state index contributed by atoms with van der Waals surface area (Å²) in [5, 5.41) is 0. The molecule has 0 bridgehead atoms. The van der Waals surface area contributed by atoms with Gasteiger partial charge in [0.15, 0.2) is 14.1 Å². The smallest absolute Gasteiger partial charge is 0.417 e. The van der Waals surface area contributed by atoms with E-state index in [1.165, 1.54) is 6.08 Å². The number of rotatable bonds is 4. The summed E-state index contributed by atoms with van der Waals surface area (Å²) in [6, 6.07) is -0.591. The molecule has 0 spiro atoms. The van der Waals surface area contributed by atoms with Crippen LogP contribution < -0.4 is 0 Å². The Hall–Kier alpha value is -1.22. The van der Waals surface area contributed by atoms with Crippen molar-refractivity contribution in [2.75, 3.05) is 6.61 Å². The fourth-order valence-electron chi connectivity index (χ4n) is 2.92. The van der Waals surface area contributed by atoms with Crippen LogP contribution in [-0.2, 0) is 23.4 Å². The van der Waals surface area contributed by atoms with E-state index in [4.69, 9.17) is 18.6 Å². The summed E-state index contributed by atoms with van der Waals surface area (Å²) in [5.41, 5.74) is -0.700. The van der Waals surface area contributed by atoms with E-state index in [0.717, 1.165) is 4.90 Å². The van der Waals surface area contributed by atoms with Gasteiger partial charge in [-0.1, -0.05) is 6.08 Å². The molecular weight excluding hydrogens is 354 g/mol. The standard InChI is InChI=1S/C18H31NO6Si/c1-17(2,3)24-16(21)19-12(9-10-14(19)20)15(25-26(6,7)8)13-11-22-18(4,5)23-13/h9-10,12-13,15H,11H2,1-8H3/t12-,13-,15+/m1/s1. The highest BCUT2D eigenvalue weighted by atomic mass is 28.4. The molecule has 0 unspecified atom stereocenters. The lowest BCUT2D eigenvalue weighted by Gasteiger charge is -2.37. The van der Waals surface area contributed by atoms with Gasteiger partial charge >= 0.3 is 6.09 Å². The first-order valence-electron chi connectivity index (χ1n) is 8.92. The SMILES string of the molecule is CC(C)(C)OC(=O)N1C(=O)C=C[C@@H]1[C@H](O[Si](C)(C)C)[C@H]1COC(C)(C)O1. The Morgan fingerprint density at radius 1 is 1.35 bits per heavy atom. The van der Waals surface area contributed by atoms with Gasteiger partial charge in [-0.3, -0.25) is 4.79 Å². The molecule has 7 nitrogen and oxygen atoms in total. The Morgan fingerprint density at radius 2 is 1.96 bits per heavy atom. The number of amides is 2. The monoisotopic (exact) mass is 385 g/mol. The van der Waals surface area contributed by atoms with Crippen molar-refractivity contribution in [1.29, 1.82) is 0 Å². The van der Waals surface area contributed by atoms with Crippen molar-refractivity contribution in [2.24, 2.45) is 0 Å². The number of hydrogen-bond donors (Lipinski definition) is 0. The topological polar surface area (TPSA) is 74.3 Å². The third-order valence-corrected chi connectivity index (χ3v) is 4.76. The van der Waals surface area contributed by atoms with Gasteiger partial charge in [0, 0.05) is 6.08 Å². The third kappa shape index (κ3) is 5.39. The number of nitrogens with zero attached hydrogens (tertiary/aromatic N) is 1. The van der Waals surface area contributed by atoms with E-state index >= 15 is 0 Å². The van der Waals surface area contributed by atoms with E-state index < -0.39 is 43.9 Å². The van der Waals surface area contributed by atoms with E-state index in [0.29, 0.717) is 6.61 Å². The van der Waals surface area contributed by atoms with Crippen molar-refractivity contribution < 1.29 is 28.2 Å². The molecule has 0 N–H and O–H groups in total. The van der Waals surface area contributed by atoms with Crippen LogP contribution in [0.2, 0.25) is 19.6 Å². The largest absolute Gasteiger partial charge is 0.443 e. The molecule has 3 atom stereocenters. The van der Waals surface area contributed by atoms with Gasteiger partial charge in [0.05, 0.1) is 18.8 Å². The van der Waals surface area contributed by atoms with Crippen LogP contribution in [0.1, 0.15) is 34.6 Å². The number of carbonyl (C=O) groups excluding carboxylic acids is 2. The van der Waals surface area contributed by atoms with Crippen molar-refractivity contribution in [3.63, 3.8) is 0 Å². The summed E-state index contributed by atoms with van der Waals surface area (Å²) in [5.74, 6) is -1.14. The van der Waals surface area contributed by atoms with Gasteiger partial charge in [-0.15, -0.1) is 0 Å². The molecule has 0 radical (unpaired) electrons. The van der Waals surface area contributed by atoms with Crippen LogP contribution in [0.4, 0.5) is 4.79 Å². The van der Waals surface area contributed by atoms with Crippen LogP contribution >= 0.6 is 0 Å². The van der Waals surface area contributed by atoms with E-state index in [1.807, 2.05) is 13.8 Å². The molecule has 0 aromatic carbocycles. The lowest BCUT2D eigenvalue weighted by molar-refractivity contribution is -0.153. The summed E-state index contributed by atoms with van der Waals surface area (Å²) < 4.78 is 23.4. The Morgan fingerprint density at radius 3 is 2.42 bits per heavy atom. The summed E-state index contributed by atoms with van der Waals surface area (Å²) in [6.07, 6.45) is 1.49. The van der Waals surface area contributed by atoms with Gasteiger partial charge < -0.3 is 18.6 Å². The Labute approximate surface area is 156 Å². The van der Waals surface area contributed by atoms with Gasteiger partial charge in [-0.2, -0.15) is 0 Å². The molecule has 2 aliphatic heterocycles. The first kappa shape index (κ1) is 21.1. The second-order valence-electron chi connectivity index (χ2n) is 9.10. The van der Waals surface area contributed by atoms with E-state index in [1.54, 1.807) is 26.8 Å². The number of hydrogen-bond acceptors (Lipinski definition) is 6. The third-order valence-electron chi connectivity index (χ3n) is 3.78. The molecule has 26 heavy (non-hydrogen) atoms. The maximum atomic E-state index is 12.6. The van der Waals surface area contributed by atoms with Gasteiger partial charge in [-0.25, -0.2) is 9.69 Å². The van der Waals surface area contributed by atoms with Crippen LogP contribution in [0.5, 0.6) is 0 Å². The zero-order valence-electron chi connectivity index (χ0n) is 17.0. The van der Waals surface area contributed by atoms with E-state index in [9.17, 15) is 9.59 Å². The fraction of sp³-hybridized carbons (Fsp3) is 0.778. The van der Waals surface area contributed by atoms with Crippen LogP contribution in [0.25, 0.3) is 0 Å². The van der Waals surface area contributed by atoms with E-state index in [-0.39, 0.29) is 6.10 Å². The van der Waals surface area contributed by atoms with Crippen LogP contribution in [0.15, 0.2) is 12.2 Å². The molecule has 2 aliphatic rings. The number of imide groups is 1. The fourth-order valence-corrected chi connectivity index (χ4v) is 4.03. The first-order valence-corrected chi connectivity index (χ1v) is 12.3. The molecule has 0 saturated carbocycles. The average Bonchev–Trinajstić information content (AvgIpc) is 2.96. The average molecular weight is 386 g/mol. The molecule has 0 aromatic rings.